The number of hydrogen-bond donors (Lipinski definition) is 0. The molecule has 0 amide bonds. The number of rotatable bonds is 10. The van der Waals surface area contributed by atoms with E-state index in [2.05, 4.69) is 88.0 Å². The molecule has 1 heterocycles. The topological polar surface area (TPSA) is 30.0 Å². The zero-order valence-electron chi connectivity index (χ0n) is 21.6. The van der Waals surface area contributed by atoms with Gasteiger partial charge in [-0.25, -0.2) is 0 Å². The maximum atomic E-state index is 13.7. The summed E-state index contributed by atoms with van der Waals surface area (Å²) in [5, 5.41) is 0. The number of aryl methyl sites for hydroxylation is 3. The highest BCUT2D eigenvalue weighted by Gasteiger charge is 2.21. The molecule has 2 heteroatoms. The van der Waals surface area contributed by atoms with E-state index in [1.807, 2.05) is 30.3 Å². The van der Waals surface area contributed by atoms with Crippen LogP contribution in [0.15, 0.2) is 103 Å². The summed E-state index contributed by atoms with van der Waals surface area (Å²) in [6.07, 6.45) is 3.38. The molecule has 1 aromatic heterocycles. The number of hydrogen-bond acceptors (Lipinski definition) is 2. The second-order valence-corrected chi connectivity index (χ2v) is 9.71. The number of ketones is 1. The van der Waals surface area contributed by atoms with E-state index in [1.54, 1.807) is 0 Å². The van der Waals surface area contributed by atoms with E-state index in [0.717, 1.165) is 41.8 Å². The van der Waals surface area contributed by atoms with E-state index in [0.29, 0.717) is 17.6 Å². The number of nitrogens with zero attached hydrogens (tertiary/aromatic N) is 1. The van der Waals surface area contributed by atoms with E-state index in [-0.39, 0.29) is 11.7 Å². The van der Waals surface area contributed by atoms with Crippen LogP contribution < -0.4 is 0 Å². The lowest BCUT2D eigenvalue weighted by molar-refractivity contribution is 0.103. The number of carbonyl (C=O) groups is 1. The molecule has 0 aliphatic heterocycles. The molecule has 4 aromatic rings. The molecule has 0 saturated carbocycles. The minimum Gasteiger partial charge on any atom is -0.289 e. The van der Waals surface area contributed by atoms with Crippen LogP contribution in [-0.4, -0.2) is 10.8 Å². The van der Waals surface area contributed by atoms with Gasteiger partial charge in [-0.05, 0) is 66.5 Å². The minimum atomic E-state index is -0.0126. The molecule has 2 nitrogen and oxygen atoms in total. The number of carbonyl (C=O) groups excluding carboxylic acids is 1. The second kappa shape index (κ2) is 11.8. The van der Waals surface area contributed by atoms with Crippen molar-refractivity contribution in [3.63, 3.8) is 0 Å². The summed E-state index contributed by atoms with van der Waals surface area (Å²) in [5.41, 5.74) is 9.05. The molecule has 0 spiro atoms. The fourth-order valence-corrected chi connectivity index (χ4v) is 4.68. The van der Waals surface area contributed by atoms with Gasteiger partial charge in [0, 0.05) is 17.5 Å². The van der Waals surface area contributed by atoms with E-state index < -0.39 is 0 Å². The first-order valence-corrected chi connectivity index (χ1v) is 12.9. The predicted octanol–water partition coefficient (Wildman–Crippen LogP) is 8.34. The van der Waals surface area contributed by atoms with Crippen LogP contribution >= 0.6 is 0 Å². The van der Waals surface area contributed by atoms with E-state index in [1.165, 1.54) is 16.7 Å². The van der Waals surface area contributed by atoms with Gasteiger partial charge >= 0.3 is 0 Å². The van der Waals surface area contributed by atoms with Crippen LogP contribution in [0, 0.1) is 6.92 Å². The molecule has 1 atom stereocenters. The standard InChI is InChI=1S/C34H35NO/c1-5-27-12-10-14-29(23-27)22-26(4)34(36)31-19-20-32(30-15-7-6-8-16-30)35-33(31)25(3)17-18-28-13-9-11-24(2)21-28/h6-16,19-21,23,25H,4-5,17-18,22H2,1-3H3. The van der Waals surface area contributed by atoms with Crippen LogP contribution in [-0.2, 0) is 19.3 Å². The Morgan fingerprint density at radius 2 is 1.58 bits per heavy atom. The third kappa shape index (κ3) is 6.26. The van der Waals surface area contributed by atoms with Gasteiger partial charge in [-0.15, -0.1) is 0 Å². The van der Waals surface area contributed by atoms with Crippen LogP contribution in [0.3, 0.4) is 0 Å². The van der Waals surface area contributed by atoms with Crippen LogP contribution in [0.5, 0.6) is 0 Å². The van der Waals surface area contributed by atoms with Crippen LogP contribution in [0.4, 0.5) is 0 Å². The molecule has 36 heavy (non-hydrogen) atoms. The van der Waals surface area contributed by atoms with Crippen molar-refractivity contribution in [3.8, 4) is 11.3 Å². The Morgan fingerprint density at radius 3 is 2.33 bits per heavy atom. The first-order valence-electron chi connectivity index (χ1n) is 12.9. The van der Waals surface area contributed by atoms with Gasteiger partial charge in [0.25, 0.3) is 0 Å². The number of aromatic nitrogens is 1. The van der Waals surface area contributed by atoms with Crippen molar-refractivity contribution in [2.75, 3.05) is 0 Å². The lowest BCUT2D eigenvalue weighted by Gasteiger charge is -2.18. The average Bonchev–Trinajstić information content (AvgIpc) is 2.91. The fourth-order valence-electron chi connectivity index (χ4n) is 4.68. The van der Waals surface area contributed by atoms with Gasteiger partial charge in [0.1, 0.15) is 0 Å². The minimum absolute atomic E-state index is 0.0126. The van der Waals surface area contributed by atoms with Crippen molar-refractivity contribution in [2.45, 2.75) is 52.4 Å². The van der Waals surface area contributed by atoms with Crippen LogP contribution in [0.25, 0.3) is 11.3 Å². The molecule has 0 radical (unpaired) electrons. The third-order valence-corrected chi connectivity index (χ3v) is 6.79. The van der Waals surface area contributed by atoms with Gasteiger partial charge in [-0.3, -0.25) is 9.78 Å². The SMILES string of the molecule is C=C(Cc1cccc(CC)c1)C(=O)c1ccc(-c2ccccc2)nc1C(C)CCc1cccc(C)c1. The highest BCUT2D eigenvalue weighted by Crippen LogP contribution is 2.29. The maximum absolute atomic E-state index is 13.7. The predicted molar refractivity (Wildman–Crippen MR) is 151 cm³/mol. The Hall–Kier alpha value is -3.78. The molecule has 1 unspecified atom stereocenters. The number of allylic oxidation sites excluding steroid dienone is 1. The molecule has 0 aliphatic carbocycles. The maximum Gasteiger partial charge on any atom is 0.190 e. The van der Waals surface area contributed by atoms with Crippen molar-refractivity contribution in [1.82, 2.24) is 4.98 Å². The summed E-state index contributed by atoms with van der Waals surface area (Å²) in [5.74, 6) is 0.116. The van der Waals surface area contributed by atoms with E-state index in [9.17, 15) is 4.79 Å². The summed E-state index contributed by atoms with van der Waals surface area (Å²) in [7, 11) is 0. The van der Waals surface area contributed by atoms with Gasteiger partial charge in [0.05, 0.1) is 11.4 Å². The molecular formula is C34H35NO. The van der Waals surface area contributed by atoms with Crippen molar-refractivity contribution >= 4 is 5.78 Å². The summed E-state index contributed by atoms with van der Waals surface area (Å²) < 4.78 is 0. The van der Waals surface area contributed by atoms with Crippen molar-refractivity contribution in [2.24, 2.45) is 0 Å². The smallest absolute Gasteiger partial charge is 0.190 e. The highest BCUT2D eigenvalue weighted by atomic mass is 16.1. The lowest BCUT2D eigenvalue weighted by atomic mass is 9.89. The third-order valence-electron chi connectivity index (χ3n) is 6.79. The Balaban J connectivity index is 1.62. The van der Waals surface area contributed by atoms with Gasteiger partial charge in [-0.1, -0.05) is 105 Å². The van der Waals surface area contributed by atoms with Crippen molar-refractivity contribution < 1.29 is 4.79 Å². The molecule has 0 fully saturated rings. The molecule has 0 saturated heterocycles. The normalized spacial score (nSPS) is 11.8. The van der Waals surface area contributed by atoms with Gasteiger partial charge in [0.15, 0.2) is 5.78 Å². The Morgan fingerprint density at radius 1 is 0.861 bits per heavy atom. The zero-order valence-corrected chi connectivity index (χ0v) is 21.6. The van der Waals surface area contributed by atoms with Crippen LogP contribution in [0.1, 0.15) is 64.5 Å². The number of Topliss-reactive ketones (excluding diaryl/α,β-unsaturated/α-hetero) is 1. The molecule has 0 N–H and O–H groups in total. The van der Waals surface area contributed by atoms with Gasteiger partial charge < -0.3 is 0 Å². The molecule has 3 aromatic carbocycles. The van der Waals surface area contributed by atoms with Crippen LogP contribution in [0.2, 0.25) is 0 Å². The molecule has 0 bridgehead atoms. The number of pyridine rings is 1. The van der Waals surface area contributed by atoms with Gasteiger partial charge in [-0.2, -0.15) is 0 Å². The Kier molecular flexibility index (Phi) is 8.28. The summed E-state index contributed by atoms with van der Waals surface area (Å²) in [6.45, 7) is 10.6. The lowest BCUT2D eigenvalue weighted by Crippen LogP contribution is -2.13. The summed E-state index contributed by atoms with van der Waals surface area (Å²) >= 11 is 0. The first kappa shape index (κ1) is 25.3. The molecule has 182 valence electrons. The molecular weight excluding hydrogens is 438 g/mol. The fraction of sp³-hybridized carbons (Fsp3) is 0.235. The Bertz CT molecular complexity index is 1350. The largest absolute Gasteiger partial charge is 0.289 e. The first-order chi connectivity index (χ1) is 17.4. The highest BCUT2D eigenvalue weighted by molar-refractivity contribution is 6.09. The average molecular weight is 474 g/mol. The van der Waals surface area contributed by atoms with Gasteiger partial charge in [0.2, 0.25) is 0 Å². The second-order valence-electron chi connectivity index (χ2n) is 9.71. The molecule has 0 aliphatic rings. The van der Waals surface area contributed by atoms with Crippen molar-refractivity contribution in [1.29, 1.82) is 0 Å². The number of benzene rings is 3. The molecule has 4 rings (SSSR count). The van der Waals surface area contributed by atoms with Crippen molar-refractivity contribution in [3.05, 3.63) is 137 Å². The summed E-state index contributed by atoms with van der Waals surface area (Å²) in [4.78, 5) is 18.7. The van der Waals surface area contributed by atoms with E-state index >= 15 is 0 Å². The summed E-state index contributed by atoms with van der Waals surface area (Å²) in [6, 6.07) is 31.1. The Labute approximate surface area is 215 Å². The van der Waals surface area contributed by atoms with E-state index in [4.69, 9.17) is 4.98 Å². The zero-order chi connectivity index (χ0) is 25.5. The monoisotopic (exact) mass is 473 g/mol. The quantitative estimate of drug-likeness (QED) is 0.171.